The van der Waals surface area contributed by atoms with Crippen molar-refractivity contribution in [3.8, 4) is 0 Å². The third-order valence-electron chi connectivity index (χ3n) is 6.12. The number of nitrogens with one attached hydrogen (secondary N) is 1. The Labute approximate surface area is 199 Å². The lowest BCUT2D eigenvalue weighted by molar-refractivity contribution is -0.384. The lowest BCUT2D eigenvalue weighted by Crippen LogP contribution is -2.30. The molecule has 8 nitrogen and oxygen atoms in total. The first-order chi connectivity index (χ1) is 16.4. The SMILES string of the molecule is Cc1ccc([N+](=O)[O-])cc1NC(=O)CCCCCCCCCCN1C(=O)c2ccccc2C1=O. The van der Waals surface area contributed by atoms with Crippen LogP contribution in [-0.2, 0) is 4.79 Å². The quantitative estimate of drug-likeness (QED) is 0.178. The van der Waals surface area contributed by atoms with Gasteiger partial charge in [0, 0.05) is 25.1 Å². The van der Waals surface area contributed by atoms with Crippen LogP contribution in [0, 0.1) is 17.0 Å². The predicted molar refractivity (Wildman–Crippen MR) is 130 cm³/mol. The number of imide groups is 1. The van der Waals surface area contributed by atoms with Crippen LogP contribution in [0.15, 0.2) is 42.5 Å². The van der Waals surface area contributed by atoms with Gasteiger partial charge in [0.25, 0.3) is 17.5 Å². The third-order valence-corrected chi connectivity index (χ3v) is 6.12. The van der Waals surface area contributed by atoms with Gasteiger partial charge >= 0.3 is 0 Å². The van der Waals surface area contributed by atoms with Crippen LogP contribution < -0.4 is 5.32 Å². The molecule has 0 aromatic heterocycles. The summed E-state index contributed by atoms with van der Waals surface area (Å²) in [5, 5.41) is 13.7. The fourth-order valence-corrected chi connectivity index (χ4v) is 4.13. The second kappa shape index (κ2) is 12.1. The van der Waals surface area contributed by atoms with Gasteiger partial charge in [0.1, 0.15) is 0 Å². The highest BCUT2D eigenvalue weighted by Crippen LogP contribution is 2.24. The van der Waals surface area contributed by atoms with Crippen molar-refractivity contribution in [1.29, 1.82) is 0 Å². The first kappa shape index (κ1) is 25.1. The molecular weight excluding hydrogens is 434 g/mol. The van der Waals surface area contributed by atoms with E-state index in [9.17, 15) is 24.5 Å². The van der Waals surface area contributed by atoms with Gasteiger partial charge in [-0.05, 0) is 37.5 Å². The first-order valence-electron chi connectivity index (χ1n) is 11.9. The fourth-order valence-electron chi connectivity index (χ4n) is 4.13. The molecule has 0 saturated carbocycles. The molecular formula is C26H31N3O5. The van der Waals surface area contributed by atoms with Crippen LogP contribution in [0.2, 0.25) is 0 Å². The Hall–Kier alpha value is -3.55. The fraction of sp³-hybridized carbons (Fsp3) is 0.423. The second-order valence-electron chi connectivity index (χ2n) is 8.69. The number of unbranched alkanes of at least 4 members (excludes halogenated alkanes) is 7. The van der Waals surface area contributed by atoms with Crippen molar-refractivity contribution in [2.45, 2.75) is 64.7 Å². The normalized spacial score (nSPS) is 12.7. The first-order valence-corrected chi connectivity index (χ1v) is 11.9. The molecule has 3 rings (SSSR count). The van der Waals surface area contributed by atoms with Crippen molar-refractivity contribution in [3.05, 3.63) is 69.3 Å². The summed E-state index contributed by atoms with van der Waals surface area (Å²) in [7, 11) is 0. The average molecular weight is 466 g/mol. The molecule has 1 aliphatic heterocycles. The second-order valence-corrected chi connectivity index (χ2v) is 8.69. The number of carbonyl (C=O) groups excluding carboxylic acids is 3. The number of anilines is 1. The zero-order valence-electron chi connectivity index (χ0n) is 19.5. The minimum absolute atomic E-state index is 0.0374. The number of benzene rings is 2. The van der Waals surface area contributed by atoms with Crippen molar-refractivity contribution in [3.63, 3.8) is 0 Å². The van der Waals surface area contributed by atoms with Gasteiger partial charge in [-0.1, -0.05) is 56.7 Å². The minimum Gasteiger partial charge on any atom is -0.326 e. The van der Waals surface area contributed by atoms with E-state index in [0.717, 1.165) is 56.9 Å². The van der Waals surface area contributed by atoms with E-state index >= 15 is 0 Å². The zero-order valence-corrected chi connectivity index (χ0v) is 19.5. The van der Waals surface area contributed by atoms with E-state index in [1.807, 2.05) is 0 Å². The number of non-ortho nitro benzene ring substituents is 1. The summed E-state index contributed by atoms with van der Waals surface area (Å²) in [4.78, 5) is 48.6. The maximum absolute atomic E-state index is 12.3. The van der Waals surface area contributed by atoms with Gasteiger partial charge in [-0.15, -0.1) is 0 Å². The topological polar surface area (TPSA) is 110 Å². The van der Waals surface area contributed by atoms with Crippen LogP contribution >= 0.6 is 0 Å². The van der Waals surface area contributed by atoms with Gasteiger partial charge in [-0.3, -0.25) is 29.4 Å². The van der Waals surface area contributed by atoms with Crippen LogP contribution in [0.1, 0.15) is 84.1 Å². The molecule has 2 aromatic carbocycles. The van der Waals surface area contributed by atoms with E-state index in [-0.39, 0.29) is 23.4 Å². The highest BCUT2D eigenvalue weighted by molar-refractivity contribution is 6.21. The molecule has 0 radical (unpaired) electrons. The number of hydrogen-bond donors (Lipinski definition) is 1. The smallest absolute Gasteiger partial charge is 0.271 e. The molecule has 0 aliphatic carbocycles. The van der Waals surface area contributed by atoms with Crippen molar-refractivity contribution in [1.82, 2.24) is 4.90 Å². The Morgan fingerprint density at radius 1 is 0.882 bits per heavy atom. The third kappa shape index (κ3) is 6.50. The molecule has 0 bridgehead atoms. The Bertz CT molecular complexity index is 1030. The lowest BCUT2D eigenvalue weighted by atomic mass is 10.1. The monoisotopic (exact) mass is 465 g/mol. The Balaban J connectivity index is 1.22. The van der Waals surface area contributed by atoms with Gasteiger partial charge in [0.2, 0.25) is 5.91 Å². The number of nitro groups is 1. The number of aryl methyl sites for hydroxylation is 1. The Kier molecular flexibility index (Phi) is 8.90. The zero-order chi connectivity index (χ0) is 24.5. The molecule has 1 aliphatic rings. The molecule has 1 N–H and O–H groups in total. The summed E-state index contributed by atoms with van der Waals surface area (Å²) >= 11 is 0. The average Bonchev–Trinajstić information content (AvgIpc) is 3.06. The number of nitro benzene ring substituents is 1. The predicted octanol–water partition coefficient (Wildman–Crippen LogP) is 5.65. The van der Waals surface area contributed by atoms with Gasteiger partial charge < -0.3 is 5.32 Å². The summed E-state index contributed by atoms with van der Waals surface area (Å²) in [5.74, 6) is -0.507. The molecule has 34 heavy (non-hydrogen) atoms. The Morgan fingerprint density at radius 3 is 2.03 bits per heavy atom. The number of amides is 3. The van der Waals surface area contributed by atoms with E-state index in [1.165, 1.54) is 17.0 Å². The maximum Gasteiger partial charge on any atom is 0.271 e. The minimum atomic E-state index is -0.473. The Morgan fingerprint density at radius 2 is 1.44 bits per heavy atom. The molecule has 0 atom stereocenters. The highest BCUT2D eigenvalue weighted by atomic mass is 16.6. The van der Waals surface area contributed by atoms with E-state index in [0.29, 0.717) is 29.8 Å². The maximum atomic E-state index is 12.3. The van der Waals surface area contributed by atoms with Crippen molar-refractivity contribution < 1.29 is 19.3 Å². The van der Waals surface area contributed by atoms with Crippen LogP contribution in [0.4, 0.5) is 11.4 Å². The molecule has 0 spiro atoms. The highest BCUT2D eigenvalue weighted by Gasteiger charge is 2.34. The lowest BCUT2D eigenvalue weighted by Gasteiger charge is -2.13. The summed E-state index contributed by atoms with van der Waals surface area (Å²) in [6.07, 6.45) is 8.16. The van der Waals surface area contributed by atoms with Gasteiger partial charge in [0.05, 0.1) is 21.7 Å². The molecule has 0 fully saturated rings. The van der Waals surface area contributed by atoms with E-state index in [4.69, 9.17) is 0 Å². The molecule has 8 heteroatoms. The van der Waals surface area contributed by atoms with E-state index < -0.39 is 4.92 Å². The van der Waals surface area contributed by atoms with Crippen molar-refractivity contribution in [2.75, 3.05) is 11.9 Å². The molecule has 3 amide bonds. The number of rotatable bonds is 13. The molecule has 1 heterocycles. The summed E-state index contributed by atoms with van der Waals surface area (Å²) in [5.41, 5.74) is 2.25. The summed E-state index contributed by atoms with van der Waals surface area (Å²) < 4.78 is 0. The van der Waals surface area contributed by atoms with E-state index in [1.54, 1.807) is 37.3 Å². The molecule has 2 aromatic rings. The van der Waals surface area contributed by atoms with E-state index in [2.05, 4.69) is 5.32 Å². The molecule has 0 saturated heterocycles. The largest absolute Gasteiger partial charge is 0.326 e. The summed E-state index contributed by atoms with van der Waals surface area (Å²) in [6, 6.07) is 11.4. The number of hydrogen-bond acceptors (Lipinski definition) is 5. The van der Waals surface area contributed by atoms with Crippen LogP contribution in [0.5, 0.6) is 0 Å². The van der Waals surface area contributed by atoms with Crippen LogP contribution in [0.3, 0.4) is 0 Å². The van der Waals surface area contributed by atoms with Crippen LogP contribution in [0.25, 0.3) is 0 Å². The number of carbonyl (C=O) groups is 3. The molecule has 0 unspecified atom stereocenters. The van der Waals surface area contributed by atoms with Crippen molar-refractivity contribution in [2.24, 2.45) is 0 Å². The molecule has 180 valence electrons. The number of fused-ring (bicyclic) bond motifs is 1. The summed E-state index contributed by atoms with van der Waals surface area (Å²) in [6.45, 7) is 2.27. The standard InChI is InChI=1S/C26H31N3O5/c1-19-15-16-20(29(33)34)18-23(19)27-24(30)14-8-6-4-2-3-5-7-11-17-28-25(31)21-12-9-10-13-22(21)26(28)32/h9-10,12-13,15-16,18H,2-8,11,14,17H2,1H3,(H,27,30). The van der Waals surface area contributed by atoms with Gasteiger partial charge in [-0.25, -0.2) is 0 Å². The van der Waals surface area contributed by atoms with Crippen molar-refractivity contribution >= 4 is 29.1 Å². The van der Waals surface area contributed by atoms with Gasteiger partial charge in [-0.2, -0.15) is 0 Å². The van der Waals surface area contributed by atoms with Crippen LogP contribution in [-0.4, -0.2) is 34.1 Å². The van der Waals surface area contributed by atoms with Gasteiger partial charge in [0.15, 0.2) is 0 Å². The number of nitrogens with zero attached hydrogens (tertiary/aromatic N) is 2.